The van der Waals surface area contributed by atoms with Crippen LogP contribution in [0.1, 0.15) is 12.5 Å². The van der Waals surface area contributed by atoms with E-state index in [4.69, 9.17) is 10.5 Å². The van der Waals surface area contributed by atoms with Crippen molar-refractivity contribution in [2.24, 2.45) is 7.05 Å². The van der Waals surface area contributed by atoms with Crippen LogP contribution in [-0.2, 0) is 13.5 Å². The summed E-state index contributed by atoms with van der Waals surface area (Å²) in [6, 6.07) is 1.79. The van der Waals surface area contributed by atoms with Gasteiger partial charge in [0, 0.05) is 18.7 Å². The number of nitrogens with one attached hydrogen (secondary N) is 1. The molecule has 0 aromatic carbocycles. The first-order valence-corrected chi connectivity index (χ1v) is 5.60. The lowest BCUT2D eigenvalue weighted by Crippen LogP contribution is -2.05. The SMILES string of the molecule is CCc1c(N)ncnc1Nc1cc(OC)n(C)n1. The van der Waals surface area contributed by atoms with Gasteiger partial charge in [-0.05, 0) is 6.42 Å². The number of nitrogens with two attached hydrogens (primary N) is 1. The Hall–Kier alpha value is -2.31. The lowest BCUT2D eigenvalue weighted by Gasteiger charge is -2.08. The summed E-state index contributed by atoms with van der Waals surface area (Å²) in [4.78, 5) is 8.15. The van der Waals surface area contributed by atoms with Gasteiger partial charge in [0.15, 0.2) is 5.82 Å². The normalized spacial score (nSPS) is 10.4. The largest absolute Gasteiger partial charge is 0.481 e. The number of nitrogens with zero attached hydrogens (tertiary/aromatic N) is 4. The van der Waals surface area contributed by atoms with E-state index < -0.39 is 0 Å². The highest BCUT2D eigenvalue weighted by atomic mass is 16.5. The van der Waals surface area contributed by atoms with E-state index in [0.29, 0.717) is 23.3 Å². The molecule has 0 aliphatic rings. The van der Waals surface area contributed by atoms with E-state index in [1.807, 2.05) is 6.92 Å². The topological polar surface area (TPSA) is 90.9 Å². The third-order valence-electron chi connectivity index (χ3n) is 2.62. The molecule has 0 aliphatic heterocycles. The fourth-order valence-electron chi connectivity index (χ4n) is 1.71. The van der Waals surface area contributed by atoms with Crippen molar-refractivity contribution in [1.29, 1.82) is 0 Å². The number of methoxy groups -OCH3 is 1. The monoisotopic (exact) mass is 248 g/mol. The molecule has 0 bridgehead atoms. The number of hydrogen-bond donors (Lipinski definition) is 2. The van der Waals surface area contributed by atoms with Crippen LogP contribution in [0.15, 0.2) is 12.4 Å². The number of anilines is 3. The predicted octanol–water partition coefficient (Wildman–Crippen LogP) is 1.11. The minimum Gasteiger partial charge on any atom is -0.481 e. The molecule has 0 spiro atoms. The van der Waals surface area contributed by atoms with Crippen LogP contribution in [0.2, 0.25) is 0 Å². The first kappa shape index (κ1) is 12.2. The second-order valence-electron chi connectivity index (χ2n) is 3.76. The van der Waals surface area contributed by atoms with Gasteiger partial charge in [0.2, 0.25) is 5.88 Å². The Balaban J connectivity index is 2.30. The summed E-state index contributed by atoms with van der Waals surface area (Å²) in [7, 11) is 3.40. The lowest BCUT2D eigenvalue weighted by atomic mass is 10.2. The van der Waals surface area contributed by atoms with Crippen molar-refractivity contribution >= 4 is 17.5 Å². The number of aromatic nitrogens is 4. The molecule has 0 saturated carbocycles. The molecule has 0 unspecified atom stereocenters. The summed E-state index contributed by atoms with van der Waals surface area (Å²) in [5.41, 5.74) is 6.68. The molecular formula is C11H16N6O. The molecular weight excluding hydrogens is 232 g/mol. The zero-order valence-corrected chi connectivity index (χ0v) is 10.6. The highest BCUT2D eigenvalue weighted by molar-refractivity contribution is 5.62. The molecule has 7 heteroatoms. The maximum atomic E-state index is 5.81. The first-order chi connectivity index (χ1) is 8.65. The van der Waals surface area contributed by atoms with Crippen LogP contribution in [0.25, 0.3) is 0 Å². The third-order valence-corrected chi connectivity index (χ3v) is 2.62. The first-order valence-electron chi connectivity index (χ1n) is 5.60. The van der Waals surface area contributed by atoms with E-state index in [1.165, 1.54) is 6.33 Å². The minimum atomic E-state index is 0.484. The summed E-state index contributed by atoms with van der Waals surface area (Å²) in [6.07, 6.45) is 2.18. The van der Waals surface area contributed by atoms with Gasteiger partial charge in [0.05, 0.1) is 7.11 Å². The zero-order chi connectivity index (χ0) is 13.1. The lowest BCUT2D eigenvalue weighted by molar-refractivity contribution is 0.373. The van der Waals surface area contributed by atoms with Crippen molar-refractivity contribution in [2.75, 3.05) is 18.2 Å². The molecule has 2 aromatic rings. The average molecular weight is 248 g/mol. The number of nitrogen functional groups attached to an aromatic ring is 1. The van der Waals surface area contributed by atoms with Crippen molar-refractivity contribution in [3.05, 3.63) is 18.0 Å². The second-order valence-corrected chi connectivity index (χ2v) is 3.76. The molecule has 0 radical (unpaired) electrons. The Bertz CT molecular complexity index is 550. The van der Waals surface area contributed by atoms with Crippen LogP contribution in [0.5, 0.6) is 5.88 Å². The molecule has 0 amide bonds. The summed E-state index contributed by atoms with van der Waals surface area (Å²) in [6.45, 7) is 2.00. The second kappa shape index (κ2) is 4.91. The molecule has 3 N–H and O–H groups in total. The summed E-state index contributed by atoms with van der Waals surface area (Å²) in [5, 5.41) is 7.38. The Kier molecular flexibility index (Phi) is 3.31. The predicted molar refractivity (Wildman–Crippen MR) is 68.9 cm³/mol. The molecule has 0 atom stereocenters. The van der Waals surface area contributed by atoms with E-state index in [9.17, 15) is 0 Å². The van der Waals surface area contributed by atoms with Gasteiger partial charge in [-0.3, -0.25) is 0 Å². The molecule has 2 heterocycles. The van der Waals surface area contributed by atoms with Crippen molar-refractivity contribution in [2.45, 2.75) is 13.3 Å². The van der Waals surface area contributed by atoms with Gasteiger partial charge >= 0.3 is 0 Å². The van der Waals surface area contributed by atoms with Gasteiger partial charge in [0.1, 0.15) is 18.0 Å². The molecule has 0 aliphatic carbocycles. The highest BCUT2D eigenvalue weighted by Crippen LogP contribution is 2.23. The Labute approximate surface area is 105 Å². The number of hydrogen-bond acceptors (Lipinski definition) is 6. The summed E-state index contributed by atoms with van der Waals surface area (Å²) in [5.74, 6) is 2.48. The number of aryl methyl sites for hydroxylation is 1. The minimum absolute atomic E-state index is 0.484. The van der Waals surface area contributed by atoms with Crippen molar-refractivity contribution in [3.63, 3.8) is 0 Å². The zero-order valence-electron chi connectivity index (χ0n) is 10.6. The fourth-order valence-corrected chi connectivity index (χ4v) is 1.71. The maximum Gasteiger partial charge on any atom is 0.213 e. The fraction of sp³-hybridized carbons (Fsp3) is 0.364. The van der Waals surface area contributed by atoms with Gasteiger partial charge in [0.25, 0.3) is 0 Å². The standard InChI is InChI=1S/C11H16N6O/c1-4-7-10(12)13-6-14-11(7)15-8-5-9(18-3)17(2)16-8/h5-6H,4H2,1-3H3,(H3,12,13,14,15,16). The van der Waals surface area contributed by atoms with Gasteiger partial charge in [-0.25, -0.2) is 14.6 Å². The highest BCUT2D eigenvalue weighted by Gasteiger charge is 2.10. The third kappa shape index (κ3) is 2.20. The maximum absolute atomic E-state index is 5.81. The molecule has 2 aromatic heterocycles. The Morgan fingerprint density at radius 1 is 1.44 bits per heavy atom. The number of rotatable bonds is 4. The van der Waals surface area contributed by atoms with E-state index >= 15 is 0 Å². The van der Waals surface area contributed by atoms with Crippen LogP contribution in [0.3, 0.4) is 0 Å². The van der Waals surface area contributed by atoms with Crippen molar-refractivity contribution < 1.29 is 4.74 Å². The van der Waals surface area contributed by atoms with E-state index in [2.05, 4.69) is 20.4 Å². The molecule has 0 saturated heterocycles. The van der Waals surface area contributed by atoms with Gasteiger partial charge in [-0.2, -0.15) is 5.10 Å². The smallest absolute Gasteiger partial charge is 0.213 e. The van der Waals surface area contributed by atoms with Crippen LogP contribution in [-0.4, -0.2) is 26.9 Å². The van der Waals surface area contributed by atoms with E-state index in [0.717, 1.165) is 12.0 Å². The summed E-state index contributed by atoms with van der Waals surface area (Å²) >= 11 is 0. The average Bonchev–Trinajstić information content (AvgIpc) is 2.70. The van der Waals surface area contributed by atoms with Crippen LogP contribution in [0, 0.1) is 0 Å². The van der Waals surface area contributed by atoms with Gasteiger partial charge < -0.3 is 15.8 Å². The molecule has 0 fully saturated rings. The molecule has 7 nitrogen and oxygen atoms in total. The quantitative estimate of drug-likeness (QED) is 0.842. The Morgan fingerprint density at radius 2 is 2.22 bits per heavy atom. The van der Waals surface area contributed by atoms with Gasteiger partial charge in [-0.15, -0.1) is 0 Å². The molecule has 2 rings (SSSR count). The van der Waals surface area contributed by atoms with Crippen LogP contribution >= 0.6 is 0 Å². The molecule has 18 heavy (non-hydrogen) atoms. The number of ether oxygens (including phenoxy) is 1. The van der Waals surface area contributed by atoms with Crippen LogP contribution in [0.4, 0.5) is 17.5 Å². The van der Waals surface area contributed by atoms with Crippen molar-refractivity contribution in [1.82, 2.24) is 19.7 Å². The van der Waals surface area contributed by atoms with E-state index in [-0.39, 0.29) is 0 Å². The summed E-state index contributed by atoms with van der Waals surface area (Å²) < 4.78 is 6.78. The van der Waals surface area contributed by atoms with Gasteiger partial charge in [-0.1, -0.05) is 6.92 Å². The van der Waals surface area contributed by atoms with Crippen molar-refractivity contribution in [3.8, 4) is 5.88 Å². The van der Waals surface area contributed by atoms with Crippen LogP contribution < -0.4 is 15.8 Å². The van der Waals surface area contributed by atoms with E-state index in [1.54, 1.807) is 24.9 Å². The molecule has 96 valence electrons. The Morgan fingerprint density at radius 3 is 2.83 bits per heavy atom.